The lowest BCUT2D eigenvalue weighted by molar-refractivity contribution is 0.327. The molecular formula is C13H16N2O. The van der Waals surface area contributed by atoms with Gasteiger partial charge in [0.15, 0.2) is 0 Å². The maximum atomic E-state index is 5.73. The Balaban J connectivity index is 1.76. The molecule has 1 saturated carbocycles. The van der Waals surface area contributed by atoms with Crippen LogP contribution in [0, 0.1) is 0 Å². The van der Waals surface area contributed by atoms with Gasteiger partial charge in [-0.2, -0.15) is 0 Å². The van der Waals surface area contributed by atoms with Gasteiger partial charge < -0.3 is 15.5 Å². The zero-order valence-electron chi connectivity index (χ0n) is 9.20. The molecule has 0 aliphatic heterocycles. The first kappa shape index (κ1) is 9.73. The van der Waals surface area contributed by atoms with E-state index in [1.54, 1.807) is 0 Å². The van der Waals surface area contributed by atoms with E-state index in [0.29, 0.717) is 6.04 Å². The molecule has 1 heterocycles. The first-order valence-corrected chi connectivity index (χ1v) is 5.82. The maximum Gasteiger partial charge on any atom is 0.136 e. The lowest BCUT2D eigenvalue weighted by Gasteiger charge is -2.25. The number of nitrogens with one attached hydrogen (secondary N) is 1. The Labute approximate surface area is 94.6 Å². The molecule has 0 bridgehead atoms. The van der Waals surface area contributed by atoms with Crippen molar-refractivity contribution in [3.8, 4) is 0 Å². The van der Waals surface area contributed by atoms with Crippen LogP contribution >= 0.6 is 0 Å². The van der Waals surface area contributed by atoms with Gasteiger partial charge in [-0.15, -0.1) is 0 Å². The molecule has 1 aromatic heterocycles. The molecule has 3 N–H and O–H groups in total. The second-order valence-corrected chi connectivity index (χ2v) is 4.52. The lowest BCUT2D eigenvalue weighted by Crippen LogP contribution is -2.34. The zero-order valence-corrected chi connectivity index (χ0v) is 9.20. The van der Waals surface area contributed by atoms with Crippen molar-refractivity contribution < 1.29 is 4.42 Å². The fraction of sp³-hybridized carbons (Fsp3) is 0.385. The van der Waals surface area contributed by atoms with E-state index < -0.39 is 0 Å². The topological polar surface area (TPSA) is 51.2 Å². The number of fused-ring (bicyclic) bond motifs is 1. The number of hydrogen-bond acceptors (Lipinski definition) is 3. The third kappa shape index (κ3) is 1.78. The first-order chi connectivity index (χ1) is 7.81. The first-order valence-electron chi connectivity index (χ1n) is 5.82. The fourth-order valence-electron chi connectivity index (χ4n) is 2.05. The summed E-state index contributed by atoms with van der Waals surface area (Å²) < 4.78 is 5.73. The summed E-state index contributed by atoms with van der Waals surface area (Å²) in [6.45, 7) is 0.819. The summed E-state index contributed by atoms with van der Waals surface area (Å²) in [6, 6.07) is 8.56. The molecule has 0 radical (unpaired) electrons. The molecule has 0 saturated heterocycles. The summed E-state index contributed by atoms with van der Waals surface area (Å²) in [4.78, 5) is 0. The fourth-order valence-corrected chi connectivity index (χ4v) is 2.05. The minimum Gasteiger partial charge on any atom is -0.460 e. The lowest BCUT2D eigenvalue weighted by atomic mass is 9.93. The molecule has 0 atom stereocenters. The Morgan fingerprint density at radius 3 is 2.94 bits per heavy atom. The van der Waals surface area contributed by atoms with Crippen LogP contribution < -0.4 is 11.1 Å². The van der Waals surface area contributed by atoms with Crippen molar-refractivity contribution in [3.05, 3.63) is 30.0 Å². The van der Waals surface area contributed by atoms with Crippen molar-refractivity contribution in [1.82, 2.24) is 5.32 Å². The van der Waals surface area contributed by atoms with E-state index in [1.807, 2.05) is 18.2 Å². The summed E-state index contributed by atoms with van der Waals surface area (Å²) in [5, 5.41) is 4.61. The normalized spacial score (nSPS) is 16.5. The molecule has 0 spiro atoms. The van der Waals surface area contributed by atoms with Gasteiger partial charge in [0.1, 0.15) is 11.3 Å². The SMILES string of the molecule is Nc1ccc2cc(CNC3CCC3)oc2c1. The van der Waals surface area contributed by atoms with Crippen molar-refractivity contribution in [2.75, 3.05) is 5.73 Å². The third-order valence-electron chi connectivity index (χ3n) is 3.27. The Morgan fingerprint density at radius 2 is 2.19 bits per heavy atom. The van der Waals surface area contributed by atoms with E-state index >= 15 is 0 Å². The van der Waals surface area contributed by atoms with E-state index in [4.69, 9.17) is 10.2 Å². The minimum atomic E-state index is 0.693. The van der Waals surface area contributed by atoms with Gasteiger partial charge in [-0.05, 0) is 31.0 Å². The quantitative estimate of drug-likeness (QED) is 0.775. The van der Waals surface area contributed by atoms with Gasteiger partial charge in [0, 0.05) is 23.2 Å². The van der Waals surface area contributed by atoms with Gasteiger partial charge in [0.2, 0.25) is 0 Å². The van der Waals surface area contributed by atoms with Crippen molar-refractivity contribution in [2.45, 2.75) is 31.8 Å². The van der Waals surface area contributed by atoms with Gasteiger partial charge in [0.25, 0.3) is 0 Å². The number of nitrogens with two attached hydrogens (primary N) is 1. The van der Waals surface area contributed by atoms with E-state index in [0.717, 1.165) is 29.0 Å². The van der Waals surface area contributed by atoms with Crippen molar-refractivity contribution >= 4 is 16.7 Å². The molecule has 3 rings (SSSR count). The molecule has 2 aromatic rings. The predicted molar refractivity (Wildman–Crippen MR) is 65.1 cm³/mol. The number of furan rings is 1. The van der Waals surface area contributed by atoms with Crippen molar-refractivity contribution in [2.24, 2.45) is 0 Å². The largest absolute Gasteiger partial charge is 0.460 e. The molecule has 1 aliphatic rings. The average molecular weight is 216 g/mol. The van der Waals surface area contributed by atoms with Gasteiger partial charge in [0.05, 0.1) is 6.54 Å². The highest BCUT2D eigenvalue weighted by Crippen LogP contribution is 2.23. The van der Waals surface area contributed by atoms with Crippen LogP contribution in [0.25, 0.3) is 11.0 Å². The van der Waals surface area contributed by atoms with Crippen LogP contribution in [0.1, 0.15) is 25.0 Å². The molecule has 0 unspecified atom stereocenters. The van der Waals surface area contributed by atoms with Crippen molar-refractivity contribution in [1.29, 1.82) is 0 Å². The van der Waals surface area contributed by atoms with Crippen LogP contribution in [0.3, 0.4) is 0 Å². The number of nitrogen functional groups attached to an aromatic ring is 1. The molecule has 3 nitrogen and oxygen atoms in total. The van der Waals surface area contributed by atoms with Gasteiger partial charge >= 0.3 is 0 Å². The van der Waals surface area contributed by atoms with E-state index in [-0.39, 0.29) is 0 Å². The number of anilines is 1. The number of benzene rings is 1. The van der Waals surface area contributed by atoms with Crippen molar-refractivity contribution in [3.63, 3.8) is 0 Å². The van der Waals surface area contributed by atoms with E-state index in [1.165, 1.54) is 19.3 Å². The summed E-state index contributed by atoms with van der Waals surface area (Å²) in [5.74, 6) is 0.993. The summed E-state index contributed by atoms with van der Waals surface area (Å²) >= 11 is 0. The summed E-state index contributed by atoms with van der Waals surface area (Å²) in [5.41, 5.74) is 7.34. The van der Waals surface area contributed by atoms with Gasteiger partial charge in [-0.3, -0.25) is 0 Å². The predicted octanol–water partition coefficient (Wildman–Crippen LogP) is 2.66. The Kier molecular flexibility index (Phi) is 2.33. The second kappa shape index (κ2) is 3.83. The van der Waals surface area contributed by atoms with Crippen LogP contribution in [0.2, 0.25) is 0 Å². The molecule has 1 aromatic carbocycles. The average Bonchev–Trinajstić information content (AvgIpc) is 2.57. The van der Waals surface area contributed by atoms with Crippen LogP contribution in [0.4, 0.5) is 5.69 Å². The molecule has 1 fully saturated rings. The highest BCUT2D eigenvalue weighted by molar-refractivity contribution is 5.81. The van der Waals surface area contributed by atoms with Gasteiger partial charge in [-0.25, -0.2) is 0 Å². The van der Waals surface area contributed by atoms with Crippen LogP contribution in [0.5, 0.6) is 0 Å². The van der Waals surface area contributed by atoms with E-state index in [2.05, 4.69) is 11.4 Å². The van der Waals surface area contributed by atoms with E-state index in [9.17, 15) is 0 Å². The Bertz CT molecular complexity index is 500. The Morgan fingerprint density at radius 1 is 1.31 bits per heavy atom. The zero-order chi connectivity index (χ0) is 11.0. The third-order valence-corrected chi connectivity index (χ3v) is 3.27. The maximum absolute atomic E-state index is 5.73. The molecule has 1 aliphatic carbocycles. The Hall–Kier alpha value is -1.48. The molecule has 3 heteroatoms. The standard InChI is InChI=1S/C13H16N2O/c14-10-5-4-9-6-12(16-13(9)7-10)8-15-11-2-1-3-11/h4-7,11,15H,1-3,8,14H2. The molecular weight excluding hydrogens is 200 g/mol. The molecule has 84 valence electrons. The smallest absolute Gasteiger partial charge is 0.136 e. The van der Waals surface area contributed by atoms with Gasteiger partial charge in [-0.1, -0.05) is 6.42 Å². The number of rotatable bonds is 3. The second-order valence-electron chi connectivity index (χ2n) is 4.52. The molecule has 16 heavy (non-hydrogen) atoms. The molecule has 0 amide bonds. The summed E-state index contributed by atoms with van der Waals surface area (Å²) in [7, 11) is 0. The van der Waals surface area contributed by atoms with Crippen LogP contribution in [-0.2, 0) is 6.54 Å². The monoisotopic (exact) mass is 216 g/mol. The highest BCUT2D eigenvalue weighted by Gasteiger charge is 2.16. The summed E-state index contributed by atoms with van der Waals surface area (Å²) in [6.07, 6.45) is 3.95. The minimum absolute atomic E-state index is 0.693. The highest BCUT2D eigenvalue weighted by atomic mass is 16.3. The van der Waals surface area contributed by atoms with Crippen LogP contribution in [0.15, 0.2) is 28.7 Å². The van der Waals surface area contributed by atoms with Crippen LogP contribution in [-0.4, -0.2) is 6.04 Å². The number of hydrogen-bond donors (Lipinski definition) is 2.